The number of carbonyl (C=O) groups is 1. The molecule has 0 spiro atoms. The summed E-state index contributed by atoms with van der Waals surface area (Å²) in [6, 6.07) is 8.31. The summed E-state index contributed by atoms with van der Waals surface area (Å²) in [7, 11) is 0. The van der Waals surface area contributed by atoms with Crippen molar-refractivity contribution in [2.45, 2.75) is 20.3 Å². The average Bonchev–Trinajstić information content (AvgIpc) is 3.21. The fourth-order valence-corrected chi connectivity index (χ4v) is 4.18. The van der Waals surface area contributed by atoms with Crippen LogP contribution in [-0.2, 0) is 6.42 Å². The van der Waals surface area contributed by atoms with Crippen LogP contribution in [0, 0.1) is 19.7 Å². The SMILES string of the molecule is Cc1[nH]c2c(F)ccc(C)c2c1CCNC(=O)c1cc2c(Cl)cc(Cl)cc2[nH]1. The molecule has 0 saturated heterocycles. The van der Waals surface area contributed by atoms with E-state index in [2.05, 4.69) is 15.3 Å². The summed E-state index contributed by atoms with van der Waals surface area (Å²) >= 11 is 12.2. The average molecular weight is 418 g/mol. The number of carbonyl (C=O) groups excluding carboxylic acids is 1. The summed E-state index contributed by atoms with van der Waals surface area (Å²) in [6.07, 6.45) is 0.592. The number of H-pyrrole nitrogens is 2. The maximum atomic E-state index is 14.1. The second-order valence-electron chi connectivity index (χ2n) is 6.88. The topological polar surface area (TPSA) is 60.7 Å². The van der Waals surface area contributed by atoms with Gasteiger partial charge in [0.15, 0.2) is 0 Å². The predicted octanol–water partition coefficient (Wildman–Crippen LogP) is 5.68. The highest BCUT2D eigenvalue weighted by molar-refractivity contribution is 6.38. The molecule has 144 valence electrons. The normalized spacial score (nSPS) is 11.5. The molecule has 2 heterocycles. The number of fused-ring (bicyclic) bond motifs is 2. The minimum atomic E-state index is -0.271. The second kappa shape index (κ2) is 7.15. The lowest BCUT2D eigenvalue weighted by molar-refractivity contribution is 0.0950. The fraction of sp³-hybridized carbons (Fsp3) is 0.190. The van der Waals surface area contributed by atoms with E-state index in [-0.39, 0.29) is 11.7 Å². The Balaban J connectivity index is 1.52. The molecule has 28 heavy (non-hydrogen) atoms. The first-order valence-electron chi connectivity index (χ1n) is 8.87. The van der Waals surface area contributed by atoms with Crippen molar-refractivity contribution in [3.8, 4) is 0 Å². The largest absolute Gasteiger partial charge is 0.356 e. The smallest absolute Gasteiger partial charge is 0.267 e. The van der Waals surface area contributed by atoms with Crippen LogP contribution in [0.1, 0.15) is 27.3 Å². The van der Waals surface area contributed by atoms with Gasteiger partial charge in [-0.1, -0.05) is 29.3 Å². The molecule has 0 aliphatic heterocycles. The molecule has 4 nitrogen and oxygen atoms in total. The first kappa shape index (κ1) is 18.8. The van der Waals surface area contributed by atoms with Gasteiger partial charge in [0.05, 0.1) is 10.5 Å². The Kier molecular flexibility index (Phi) is 4.81. The predicted molar refractivity (Wildman–Crippen MR) is 112 cm³/mol. The fourth-order valence-electron chi connectivity index (χ4n) is 3.63. The molecule has 4 aromatic rings. The van der Waals surface area contributed by atoms with Crippen LogP contribution in [0.25, 0.3) is 21.8 Å². The Labute approximate surface area is 171 Å². The van der Waals surface area contributed by atoms with Gasteiger partial charge < -0.3 is 15.3 Å². The van der Waals surface area contributed by atoms with Crippen LogP contribution in [0.5, 0.6) is 0 Å². The van der Waals surface area contributed by atoms with Crippen molar-refractivity contribution < 1.29 is 9.18 Å². The summed E-state index contributed by atoms with van der Waals surface area (Å²) in [4.78, 5) is 18.7. The van der Waals surface area contributed by atoms with Gasteiger partial charge in [0.25, 0.3) is 5.91 Å². The molecule has 2 aromatic heterocycles. The molecule has 3 N–H and O–H groups in total. The van der Waals surface area contributed by atoms with Crippen molar-refractivity contribution in [1.82, 2.24) is 15.3 Å². The van der Waals surface area contributed by atoms with E-state index >= 15 is 0 Å². The van der Waals surface area contributed by atoms with Crippen molar-refractivity contribution in [2.24, 2.45) is 0 Å². The molecule has 0 fully saturated rings. The molecule has 2 aromatic carbocycles. The van der Waals surface area contributed by atoms with Crippen LogP contribution >= 0.6 is 23.2 Å². The lowest BCUT2D eigenvalue weighted by Crippen LogP contribution is -2.26. The first-order valence-corrected chi connectivity index (χ1v) is 9.63. The number of nitrogens with one attached hydrogen (secondary N) is 3. The van der Waals surface area contributed by atoms with Gasteiger partial charge in [-0.2, -0.15) is 0 Å². The van der Waals surface area contributed by atoms with Gasteiger partial charge in [0.1, 0.15) is 11.5 Å². The van der Waals surface area contributed by atoms with Crippen molar-refractivity contribution in [1.29, 1.82) is 0 Å². The Morgan fingerprint density at radius 2 is 1.93 bits per heavy atom. The van der Waals surface area contributed by atoms with E-state index in [0.717, 1.165) is 27.6 Å². The van der Waals surface area contributed by atoms with Crippen LogP contribution in [0.4, 0.5) is 4.39 Å². The van der Waals surface area contributed by atoms with E-state index in [4.69, 9.17) is 23.2 Å². The van der Waals surface area contributed by atoms with E-state index in [1.807, 2.05) is 13.8 Å². The van der Waals surface area contributed by atoms with Crippen molar-refractivity contribution in [2.75, 3.05) is 6.54 Å². The number of hydrogen-bond donors (Lipinski definition) is 3. The number of rotatable bonds is 4. The van der Waals surface area contributed by atoms with Gasteiger partial charge in [-0.15, -0.1) is 0 Å². The molecule has 0 aliphatic rings. The maximum absolute atomic E-state index is 14.1. The minimum absolute atomic E-state index is 0.233. The maximum Gasteiger partial charge on any atom is 0.267 e. The Morgan fingerprint density at radius 1 is 1.14 bits per heavy atom. The molecular formula is C21H18Cl2FN3O. The number of hydrogen-bond acceptors (Lipinski definition) is 1. The first-order chi connectivity index (χ1) is 13.3. The molecule has 4 rings (SSSR count). The molecule has 0 radical (unpaired) electrons. The van der Waals surface area contributed by atoms with Crippen molar-refractivity contribution in [3.63, 3.8) is 0 Å². The third-order valence-electron chi connectivity index (χ3n) is 4.99. The second-order valence-corrected chi connectivity index (χ2v) is 7.72. The number of benzene rings is 2. The summed E-state index contributed by atoms with van der Waals surface area (Å²) in [5.41, 5.74) is 4.56. The van der Waals surface area contributed by atoms with E-state index < -0.39 is 0 Å². The zero-order valence-corrected chi connectivity index (χ0v) is 16.9. The van der Waals surface area contributed by atoms with Crippen LogP contribution < -0.4 is 5.32 Å². The van der Waals surface area contributed by atoms with Gasteiger partial charge in [-0.25, -0.2) is 4.39 Å². The highest BCUT2D eigenvalue weighted by Crippen LogP contribution is 2.29. The summed E-state index contributed by atoms with van der Waals surface area (Å²) in [5.74, 6) is -0.503. The summed E-state index contributed by atoms with van der Waals surface area (Å²) in [5, 5.41) is 5.53. The number of aromatic nitrogens is 2. The quantitative estimate of drug-likeness (QED) is 0.392. The van der Waals surface area contributed by atoms with E-state index in [1.54, 1.807) is 24.3 Å². The minimum Gasteiger partial charge on any atom is -0.356 e. The van der Waals surface area contributed by atoms with Crippen LogP contribution in [-0.4, -0.2) is 22.4 Å². The van der Waals surface area contributed by atoms with E-state index in [0.29, 0.717) is 39.7 Å². The summed E-state index contributed by atoms with van der Waals surface area (Å²) < 4.78 is 14.1. The van der Waals surface area contributed by atoms with Gasteiger partial charge >= 0.3 is 0 Å². The molecule has 0 saturated carbocycles. The molecule has 0 atom stereocenters. The molecule has 7 heteroatoms. The highest BCUT2D eigenvalue weighted by atomic mass is 35.5. The van der Waals surface area contributed by atoms with Crippen molar-refractivity contribution >= 4 is 50.9 Å². The van der Waals surface area contributed by atoms with Gasteiger partial charge in [0, 0.05) is 33.6 Å². The number of aryl methyl sites for hydroxylation is 2. The zero-order valence-electron chi connectivity index (χ0n) is 15.3. The number of amides is 1. The monoisotopic (exact) mass is 417 g/mol. The zero-order chi connectivity index (χ0) is 20.0. The van der Waals surface area contributed by atoms with Crippen molar-refractivity contribution in [3.05, 3.63) is 68.7 Å². The number of aromatic amines is 2. The third kappa shape index (κ3) is 3.25. The Bertz CT molecular complexity index is 1230. The van der Waals surface area contributed by atoms with E-state index in [1.165, 1.54) is 6.07 Å². The van der Waals surface area contributed by atoms with Gasteiger partial charge in [-0.3, -0.25) is 4.79 Å². The Hall–Kier alpha value is -2.50. The Morgan fingerprint density at radius 3 is 2.71 bits per heavy atom. The molecular weight excluding hydrogens is 400 g/mol. The highest BCUT2D eigenvalue weighted by Gasteiger charge is 2.15. The summed E-state index contributed by atoms with van der Waals surface area (Å²) in [6.45, 7) is 4.29. The van der Waals surface area contributed by atoms with Gasteiger partial charge in [0.2, 0.25) is 0 Å². The van der Waals surface area contributed by atoms with Gasteiger partial charge in [-0.05, 0) is 55.7 Å². The molecule has 0 bridgehead atoms. The van der Waals surface area contributed by atoms with Crippen LogP contribution in [0.3, 0.4) is 0 Å². The number of halogens is 3. The van der Waals surface area contributed by atoms with E-state index in [9.17, 15) is 9.18 Å². The molecule has 0 aliphatic carbocycles. The lowest BCUT2D eigenvalue weighted by Gasteiger charge is -2.06. The molecule has 1 amide bonds. The lowest BCUT2D eigenvalue weighted by atomic mass is 10.0. The molecule has 0 unspecified atom stereocenters. The standard InChI is InChI=1S/C21H18Cl2FN3O/c1-10-3-4-16(24)20-19(10)13(11(2)26-20)5-6-25-21(28)18-9-14-15(23)7-12(22)8-17(14)27-18/h3-4,7-9,26-27H,5-6H2,1-2H3,(H,25,28). The third-order valence-corrected chi connectivity index (χ3v) is 5.52. The van der Waals surface area contributed by atoms with Crippen LogP contribution in [0.2, 0.25) is 10.0 Å². The van der Waals surface area contributed by atoms with Crippen LogP contribution in [0.15, 0.2) is 30.3 Å².